The largest absolute Gasteiger partial charge is 0.383 e. The van der Waals surface area contributed by atoms with E-state index >= 15 is 0 Å². The number of benzene rings is 2. The van der Waals surface area contributed by atoms with Gasteiger partial charge in [-0.15, -0.1) is 0 Å². The minimum atomic E-state index is -0.277. The van der Waals surface area contributed by atoms with Crippen molar-refractivity contribution in [3.8, 4) is 22.8 Å². The molecular formula is C21H19Cl2N7O2. The van der Waals surface area contributed by atoms with Gasteiger partial charge in [0.05, 0.1) is 0 Å². The lowest BCUT2D eigenvalue weighted by Crippen LogP contribution is -2.28. The number of rotatable bonds is 7. The first kappa shape index (κ1) is 21.7. The lowest BCUT2D eigenvalue weighted by atomic mass is 10.2. The van der Waals surface area contributed by atoms with Crippen LogP contribution < -0.4 is 16.4 Å². The molecule has 2 aromatic carbocycles. The summed E-state index contributed by atoms with van der Waals surface area (Å²) >= 11 is 12.1. The molecule has 4 rings (SSSR count). The highest BCUT2D eigenvalue weighted by Crippen LogP contribution is 2.33. The lowest BCUT2D eigenvalue weighted by Gasteiger charge is -2.08. The second-order valence-electron chi connectivity index (χ2n) is 6.81. The lowest BCUT2D eigenvalue weighted by molar-refractivity contribution is -0.121. The van der Waals surface area contributed by atoms with Gasteiger partial charge < -0.3 is 20.9 Å². The number of nitrogen functional groups attached to an aromatic ring is 1. The molecule has 0 spiro atoms. The fourth-order valence-corrected chi connectivity index (χ4v) is 3.38. The second-order valence-corrected chi connectivity index (χ2v) is 7.66. The van der Waals surface area contributed by atoms with Gasteiger partial charge in [-0.05, 0) is 35.9 Å². The topological polar surface area (TPSA) is 124 Å². The summed E-state index contributed by atoms with van der Waals surface area (Å²) in [6.07, 6.45) is 0. The number of aromatic nitrogens is 4. The summed E-state index contributed by atoms with van der Waals surface area (Å²) in [4.78, 5) is 16.9. The predicted octanol–water partition coefficient (Wildman–Crippen LogP) is 3.85. The van der Waals surface area contributed by atoms with Crippen LogP contribution in [-0.4, -0.2) is 32.9 Å². The van der Waals surface area contributed by atoms with E-state index in [4.69, 9.17) is 33.5 Å². The number of nitrogens with two attached hydrogens (primary N) is 1. The van der Waals surface area contributed by atoms with E-state index in [1.807, 2.05) is 18.2 Å². The van der Waals surface area contributed by atoms with E-state index in [1.54, 1.807) is 37.4 Å². The van der Waals surface area contributed by atoms with Crippen molar-refractivity contribution in [3.63, 3.8) is 0 Å². The van der Waals surface area contributed by atoms with Crippen LogP contribution in [0.3, 0.4) is 0 Å². The third-order valence-electron chi connectivity index (χ3n) is 4.70. The number of nitrogens with one attached hydrogen (secondary N) is 2. The Morgan fingerprint density at radius 3 is 2.62 bits per heavy atom. The van der Waals surface area contributed by atoms with Gasteiger partial charge >= 0.3 is 0 Å². The number of amides is 1. The summed E-state index contributed by atoms with van der Waals surface area (Å²) in [6.45, 7) is 0.197. The molecule has 4 aromatic rings. The van der Waals surface area contributed by atoms with Crippen molar-refractivity contribution in [2.24, 2.45) is 0 Å². The summed E-state index contributed by atoms with van der Waals surface area (Å²) in [5.41, 5.74) is 8.24. The van der Waals surface area contributed by atoms with Crippen molar-refractivity contribution in [2.75, 3.05) is 18.1 Å². The second kappa shape index (κ2) is 9.29. The minimum absolute atomic E-state index is 0.0941. The molecule has 0 saturated carbocycles. The van der Waals surface area contributed by atoms with Crippen molar-refractivity contribution >= 4 is 40.7 Å². The van der Waals surface area contributed by atoms with Gasteiger partial charge in [0.1, 0.15) is 17.9 Å². The molecule has 0 atom stereocenters. The molecule has 11 heteroatoms. The smallest absolute Gasteiger partial charge is 0.265 e. The van der Waals surface area contributed by atoms with Crippen LogP contribution in [0.5, 0.6) is 0 Å². The highest BCUT2D eigenvalue weighted by molar-refractivity contribution is 6.31. The van der Waals surface area contributed by atoms with E-state index in [9.17, 15) is 4.79 Å². The summed E-state index contributed by atoms with van der Waals surface area (Å²) < 4.78 is 6.78. The Morgan fingerprint density at radius 2 is 1.91 bits per heavy atom. The quantitative estimate of drug-likeness (QED) is 0.373. The van der Waals surface area contributed by atoms with Crippen LogP contribution in [0.15, 0.2) is 53.1 Å². The molecule has 0 radical (unpaired) electrons. The number of nitrogens with zero attached hydrogens (tertiary/aromatic N) is 4. The fraction of sp³-hybridized carbons (Fsp3) is 0.143. The van der Waals surface area contributed by atoms with Crippen LogP contribution in [0.2, 0.25) is 10.0 Å². The Hall–Kier alpha value is -3.56. The number of carbonyl (C=O) groups is 1. The molecule has 2 aromatic heterocycles. The zero-order valence-corrected chi connectivity index (χ0v) is 18.5. The molecule has 1 amide bonds. The fourth-order valence-electron chi connectivity index (χ4n) is 3.05. The molecule has 2 heterocycles. The van der Waals surface area contributed by atoms with Crippen LogP contribution in [-0.2, 0) is 17.9 Å². The average molecular weight is 472 g/mol. The number of hydrogen-bond donors (Lipinski definition) is 3. The van der Waals surface area contributed by atoms with Gasteiger partial charge in [0.2, 0.25) is 11.7 Å². The number of anilines is 2. The maximum Gasteiger partial charge on any atom is 0.265 e. The van der Waals surface area contributed by atoms with Crippen LogP contribution in [0.1, 0.15) is 5.56 Å². The van der Waals surface area contributed by atoms with Crippen molar-refractivity contribution in [1.29, 1.82) is 0 Å². The monoisotopic (exact) mass is 471 g/mol. The van der Waals surface area contributed by atoms with Gasteiger partial charge in [-0.2, -0.15) is 10.1 Å². The van der Waals surface area contributed by atoms with Crippen LogP contribution in [0.25, 0.3) is 22.8 Å². The molecule has 164 valence electrons. The molecule has 0 aliphatic carbocycles. The SMILES string of the molecule is CNc1nn(CC(=O)NCc2ccccc2Cl)c(N)c1-c1nc(-c2ccc(Cl)cc2)no1. The molecule has 32 heavy (non-hydrogen) atoms. The first-order chi connectivity index (χ1) is 15.5. The van der Waals surface area contributed by atoms with Gasteiger partial charge in [-0.3, -0.25) is 4.79 Å². The first-order valence-electron chi connectivity index (χ1n) is 9.60. The zero-order valence-electron chi connectivity index (χ0n) is 17.0. The van der Waals surface area contributed by atoms with E-state index in [0.717, 1.165) is 11.1 Å². The van der Waals surface area contributed by atoms with Gasteiger partial charge in [0.15, 0.2) is 5.82 Å². The Kier molecular flexibility index (Phi) is 6.29. The standard InChI is InChI=1S/C21H19Cl2N7O2/c1-25-20-17(21-27-19(29-32-21)12-6-8-14(22)9-7-12)18(24)30(28-20)11-16(31)26-10-13-4-2-3-5-15(13)23/h2-9H,10-11,24H2,1H3,(H,25,28)(H,26,31). The van der Waals surface area contributed by atoms with E-state index in [1.165, 1.54) is 4.68 Å². The molecule has 0 bridgehead atoms. The number of hydrogen-bond acceptors (Lipinski definition) is 7. The summed E-state index contributed by atoms with van der Waals surface area (Å²) in [5.74, 6) is 0.907. The normalized spacial score (nSPS) is 10.8. The van der Waals surface area contributed by atoms with E-state index in [-0.39, 0.29) is 24.2 Å². The Labute approximate surface area is 193 Å². The van der Waals surface area contributed by atoms with Crippen LogP contribution in [0.4, 0.5) is 11.6 Å². The third kappa shape index (κ3) is 4.53. The molecule has 0 fully saturated rings. The summed E-state index contributed by atoms with van der Waals surface area (Å²) in [5, 5.41) is 15.3. The maximum atomic E-state index is 12.5. The Balaban J connectivity index is 1.53. The first-order valence-corrected chi connectivity index (χ1v) is 10.4. The predicted molar refractivity (Wildman–Crippen MR) is 123 cm³/mol. The molecule has 4 N–H and O–H groups in total. The van der Waals surface area contributed by atoms with E-state index < -0.39 is 0 Å². The highest BCUT2D eigenvalue weighted by atomic mass is 35.5. The third-order valence-corrected chi connectivity index (χ3v) is 5.32. The van der Waals surface area contributed by atoms with Gasteiger partial charge in [-0.1, -0.05) is 46.6 Å². The molecule has 0 aliphatic rings. The molecular weight excluding hydrogens is 453 g/mol. The molecule has 0 unspecified atom stereocenters. The summed E-state index contributed by atoms with van der Waals surface area (Å²) in [7, 11) is 1.68. The van der Waals surface area contributed by atoms with Crippen molar-refractivity contribution in [2.45, 2.75) is 13.1 Å². The van der Waals surface area contributed by atoms with Crippen LogP contribution in [0, 0.1) is 0 Å². The van der Waals surface area contributed by atoms with Crippen molar-refractivity contribution < 1.29 is 9.32 Å². The minimum Gasteiger partial charge on any atom is -0.383 e. The molecule has 0 aliphatic heterocycles. The van der Waals surface area contributed by atoms with Crippen LogP contribution >= 0.6 is 23.2 Å². The number of carbonyl (C=O) groups excluding carboxylic acids is 1. The Bertz CT molecular complexity index is 1250. The van der Waals surface area contributed by atoms with E-state index in [2.05, 4.69) is 25.9 Å². The molecule has 9 nitrogen and oxygen atoms in total. The van der Waals surface area contributed by atoms with Gasteiger partial charge in [0.25, 0.3) is 5.89 Å². The Morgan fingerprint density at radius 1 is 1.16 bits per heavy atom. The number of halogens is 2. The van der Waals surface area contributed by atoms with Crippen molar-refractivity contribution in [3.05, 3.63) is 64.1 Å². The zero-order chi connectivity index (χ0) is 22.7. The van der Waals surface area contributed by atoms with Gasteiger partial charge in [0, 0.05) is 29.2 Å². The summed E-state index contributed by atoms with van der Waals surface area (Å²) in [6, 6.07) is 14.3. The van der Waals surface area contributed by atoms with E-state index in [0.29, 0.717) is 33.8 Å². The molecule has 0 saturated heterocycles. The van der Waals surface area contributed by atoms with Crippen molar-refractivity contribution in [1.82, 2.24) is 25.2 Å². The van der Waals surface area contributed by atoms with Gasteiger partial charge in [-0.25, -0.2) is 4.68 Å². The highest BCUT2D eigenvalue weighted by Gasteiger charge is 2.23. The maximum absolute atomic E-state index is 12.5. The average Bonchev–Trinajstić information content (AvgIpc) is 3.38.